The van der Waals surface area contributed by atoms with E-state index in [9.17, 15) is 34.9 Å². The van der Waals surface area contributed by atoms with Crippen LogP contribution in [0.1, 0.15) is 84.0 Å². The molecule has 30 heavy (non-hydrogen) atoms. The Balaban J connectivity index is 0.000000561. The van der Waals surface area contributed by atoms with Crippen molar-refractivity contribution < 1.29 is 40.7 Å². The number of benzene rings is 1. The maximum atomic E-state index is 12.6. The van der Waals surface area contributed by atoms with Gasteiger partial charge < -0.3 is 10.3 Å². The Labute approximate surface area is 175 Å². The van der Waals surface area contributed by atoms with Gasteiger partial charge >= 0.3 is 0 Å². The molecule has 0 aromatic heterocycles. The summed E-state index contributed by atoms with van der Waals surface area (Å²) in [7, 11) is -5.77. The summed E-state index contributed by atoms with van der Waals surface area (Å²) < 4.78 is 92.9. The predicted octanol–water partition coefficient (Wildman–Crippen LogP) is 5.22. The molecule has 0 fully saturated rings. The van der Waals surface area contributed by atoms with Gasteiger partial charge in [0, 0.05) is 0 Å². The summed E-state index contributed by atoms with van der Waals surface area (Å²) in [5.74, 6) is -12.8. The number of rotatable bonds is 13. The topological polar surface area (TPSA) is 84.8 Å². The summed E-state index contributed by atoms with van der Waals surface area (Å²) in [5, 5.41) is 0. The van der Waals surface area contributed by atoms with Crippen molar-refractivity contribution >= 4 is 10.1 Å². The van der Waals surface area contributed by atoms with Crippen molar-refractivity contribution in [1.82, 2.24) is 0 Å². The van der Waals surface area contributed by atoms with E-state index in [1.807, 2.05) is 0 Å². The lowest BCUT2D eigenvalue weighted by atomic mass is 10.1. The van der Waals surface area contributed by atoms with Gasteiger partial charge in [0.15, 0.2) is 23.3 Å². The second kappa shape index (κ2) is 15.5. The fourth-order valence-electron chi connectivity index (χ4n) is 2.82. The van der Waals surface area contributed by atoms with E-state index >= 15 is 0 Å². The zero-order chi connectivity index (χ0) is 23.2. The molecule has 0 bridgehead atoms. The van der Waals surface area contributed by atoms with Crippen molar-refractivity contribution in [3.05, 3.63) is 29.1 Å². The quantitative estimate of drug-likeness (QED) is 0.144. The van der Waals surface area contributed by atoms with Crippen LogP contribution in [0, 0.1) is 29.1 Å². The molecule has 0 aliphatic heterocycles. The predicted molar refractivity (Wildman–Crippen MR) is 103 cm³/mol. The summed E-state index contributed by atoms with van der Waals surface area (Å²) in [6, 6.07) is 0. The van der Waals surface area contributed by atoms with Crippen LogP contribution in [0.3, 0.4) is 0 Å². The first-order valence-corrected chi connectivity index (χ1v) is 11.8. The summed E-state index contributed by atoms with van der Waals surface area (Å²) in [4.78, 5) is -2.38. The van der Waals surface area contributed by atoms with E-state index in [1.165, 1.54) is 77.0 Å². The van der Waals surface area contributed by atoms with Gasteiger partial charge in [-0.3, -0.25) is 0 Å². The van der Waals surface area contributed by atoms with Gasteiger partial charge in [0.1, 0.15) is 15.0 Å². The lowest BCUT2D eigenvalue weighted by molar-refractivity contribution is -0.368. The number of hydrogen-bond acceptors (Lipinski definition) is 3. The summed E-state index contributed by atoms with van der Waals surface area (Å²) >= 11 is 0. The van der Waals surface area contributed by atoms with E-state index in [0.717, 1.165) is 6.54 Å². The van der Waals surface area contributed by atoms with Crippen LogP contribution >= 0.6 is 0 Å². The normalized spacial score (nSPS) is 11.3. The molecular weight excluding hydrogens is 429 g/mol. The number of halogens is 5. The molecule has 1 rings (SSSR count). The molecule has 0 amide bonds. The van der Waals surface area contributed by atoms with Gasteiger partial charge in [-0.25, -0.2) is 30.4 Å². The Kier molecular flexibility index (Phi) is 14.9. The van der Waals surface area contributed by atoms with Crippen LogP contribution in [-0.4, -0.2) is 19.5 Å². The third kappa shape index (κ3) is 10.7. The van der Waals surface area contributed by atoms with Crippen LogP contribution < -0.4 is 5.73 Å². The molecule has 0 saturated heterocycles. The smallest absolute Gasteiger partial charge is 0.200 e. The molecule has 10 heteroatoms. The van der Waals surface area contributed by atoms with Crippen LogP contribution in [0.15, 0.2) is 4.90 Å². The SMILES string of the molecule is CCCCCCCCCCCCCC[NH3+].O=S(=O)([O-])c1c(F)c(F)c(F)c(F)c1F. The second-order valence-corrected chi connectivity index (χ2v) is 8.41. The van der Waals surface area contributed by atoms with E-state index in [0.29, 0.717) is 0 Å². The lowest BCUT2D eigenvalue weighted by Crippen LogP contribution is -2.50. The van der Waals surface area contributed by atoms with Crippen LogP contribution in [0.4, 0.5) is 22.0 Å². The molecule has 1 aromatic rings. The minimum Gasteiger partial charge on any atom is -0.744 e. The fraction of sp³-hybridized carbons (Fsp3) is 0.700. The highest BCUT2D eigenvalue weighted by Gasteiger charge is 2.28. The zero-order valence-electron chi connectivity index (χ0n) is 17.4. The van der Waals surface area contributed by atoms with Gasteiger partial charge in [-0.05, 0) is 12.8 Å². The van der Waals surface area contributed by atoms with Gasteiger partial charge in [0.2, 0.25) is 5.82 Å². The minimum absolute atomic E-state index is 1.12. The molecule has 0 unspecified atom stereocenters. The number of hydrogen-bond donors (Lipinski definition) is 1. The third-order valence-electron chi connectivity index (χ3n) is 4.52. The van der Waals surface area contributed by atoms with E-state index in [-0.39, 0.29) is 0 Å². The molecule has 0 spiro atoms. The maximum Gasteiger partial charge on any atom is 0.200 e. The lowest BCUT2D eigenvalue weighted by Gasteiger charge is -2.10. The largest absolute Gasteiger partial charge is 0.744 e. The summed E-state index contributed by atoms with van der Waals surface area (Å²) in [6.45, 7) is 3.41. The Morgan fingerprint density at radius 3 is 1.23 bits per heavy atom. The molecule has 4 nitrogen and oxygen atoms in total. The Morgan fingerprint density at radius 1 is 0.633 bits per heavy atom. The van der Waals surface area contributed by atoms with Gasteiger partial charge in [-0.15, -0.1) is 0 Å². The van der Waals surface area contributed by atoms with Crippen molar-refractivity contribution in [3.63, 3.8) is 0 Å². The third-order valence-corrected chi connectivity index (χ3v) is 5.38. The van der Waals surface area contributed by atoms with Crippen LogP contribution in [0.5, 0.6) is 0 Å². The van der Waals surface area contributed by atoms with Crippen molar-refractivity contribution in [2.75, 3.05) is 6.54 Å². The summed E-state index contributed by atoms with van der Waals surface area (Å²) in [5.41, 5.74) is 3.87. The Hall–Kier alpha value is -1.26. The molecule has 3 N–H and O–H groups in total. The first-order valence-electron chi connectivity index (χ1n) is 10.4. The molecule has 0 saturated carbocycles. The van der Waals surface area contributed by atoms with E-state index < -0.39 is 44.1 Å². The maximum absolute atomic E-state index is 12.6. The summed E-state index contributed by atoms with van der Waals surface area (Å²) in [6.07, 6.45) is 17.2. The van der Waals surface area contributed by atoms with E-state index in [1.54, 1.807) is 0 Å². The molecule has 0 atom stereocenters. The van der Waals surface area contributed by atoms with Crippen LogP contribution in [0.25, 0.3) is 0 Å². The fourth-order valence-corrected chi connectivity index (χ4v) is 3.44. The van der Waals surface area contributed by atoms with Crippen molar-refractivity contribution in [2.24, 2.45) is 0 Å². The molecule has 0 aliphatic rings. The first kappa shape index (κ1) is 28.7. The molecule has 1 aromatic carbocycles. The van der Waals surface area contributed by atoms with E-state index in [4.69, 9.17) is 0 Å². The first-order chi connectivity index (χ1) is 14.1. The van der Waals surface area contributed by atoms with Crippen molar-refractivity contribution in [1.29, 1.82) is 0 Å². The zero-order valence-corrected chi connectivity index (χ0v) is 18.2. The molecule has 0 aliphatic carbocycles. The monoisotopic (exact) mass is 461 g/mol. The average molecular weight is 462 g/mol. The Bertz CT molecular complexity index is 689. The number of quaternary nitrogens is 1. The molecule has 0 heterocycles. The molecular formula is C20H32F5NO3S. The molecule has 0 radical (unpaired) electrons. The number of unbranched alkanes of at least 4 members (excludes halogenated alkanes) is 11. The minimum atomic E-state index is -5.77. The van der Waals surface area contributed by atoms with E-state index in [2.05, 4.69) is 12.7 Å². The average Bonchev–Trinajstić information content (AvgIpc) is 2.68. The van der Waals surface area contributed by atoms with Crippen molar-refractivity contribution in [2.45, 2.75) is 88.9 Å². The second-order valence-electron chi connectivity index (χ2n) is 7.10. The Morgan fingerprint density at radius 2 is 0.933 bits per heavy atom. The highest BCUT2D eigenvalue weighted by molar-refractivity contribution is 7.85. The highest BCUT2D eigenvalue weighted by atomic mass is 32.2. The van der Waals surface area contributed by atoms with Crippen LogP contribution in [-0.2, 0) is 10.1 Å². The van der Waals surface area contributed by atoms with Gasteiger partial charge in [0.25, 0.3) is 0 Å². The highest BCUT2D eigenvalue weighted by Crippen LogP contribution is 2.26. The molecule has 176 valence electrons. The van der Waals surface area contributed by atoms with Crippen LogP contribution in [0.2, 0.25) is 0 Å². The van der Waals surface area contributed by atoms with Gasteiger partial charge in [-0.2, -0.15) is 0 Å². The van der Waals surface area contributed by atoms with Gasteiger partial charge in [0.05, 0.1) is 6.54 Å². The standard InChI is InChI=1S/C14H31N.C6HF5O3S/c1-2-3-4-5-6-7-8-9-10-11-12-13-14-15;7-1-2(8)4(10)6(15(12,13)14)5(11)3(1)9/h2-15H2,1H3;(H,12,13,14). The van der Waals surface area contributed by atoms with Crippen molar-refractivity contribution in [3.8, 4) is 0 Å². The van der Waals surface area contributed by atoms with Gasteiger partial charge in [-0.1, -0.05) is 71.1 Å².